The van der Waals surface area contributed by atoms with Crippen LogP contribution in [0.25, 0.3) is 0 Å². The third kappa shape index (κ3) is 22.4. The Hall–Kier alpha value is 0.826. The Morgan fingerprint density at radius 1 is 1.33 bits per heavy atom. The standard InChI is InChI=1S/C4H4N2.K.H3O3P.H2O/c1-2-5-4-6-3-1;;1-4(2)3;/h1-4H;;4H,(H2,1,2,3);1H2/q;+1;;/p-1. The zero-order valence-electron chi connectivity index (χ0n) is 6.47. The molecule has 8 heteroatoms. The van der Waals surface area contributed by atoms with Crippen molar-refractivity contribution in [1.82, 2.24) is 9.97 Å². The second-order valence-electron chi connectivity index (χ2n) is 1.17. The Kier molecular flexibility index (Phi) is 22.2. The fourth-order valence-electron chi connectivity index (χ4n) is 0.253. The van der Waals surface area contributed by atoms with Crippen molar-refractivity contribution in [2.75, 3.05) is 0 Å². The largest absolute Gasteiger partial charge is 1.00 e. The first-order chi connectivity index (χ1) is 4.73. The van der Waals surface area contributed by atoms with E-state index in [0.717, 1.165) is 0 Å². The van der Waals surface area contributed by atoms with Gasteiger partial charge in [0.25, 0.3) is 0 Å². The quantitative estimate of drug-likeness (QED) is 0.347. The molecule has 0 radical (unpaired) electrons. The predicted octanol–water partition coefficient (Wildman–Crippen LogP) is -4.62. The summed E-state index contributed by atoms with van der Waals surface area (Å²) in [6.07, 6.45) is 4.88. The van der Waals surface area contributed by atoms with E-state index >= 15 is 0 Å². The van der Waals surface area contributed by atoms with Crippen molar-refractivity contribution in [3.05, 3.63) is 24.8 Å². The molecule has 0 amide bonds. The summed E-state index contributed by atoms with van der Waals surface area (Å²) in [6, 6.07) is 1.78. The van der Waals surface area contributed by atoms with Crippen LogP contribution >= 0.6 is 8.25 Å². The third-order valence-corrected chi connectivity index (χ3v) is 0.478. The van der Waals surface area contributed by atoms with E-state index in [0.29, 0.717) is 0 Å². The number of rotatable bonds is 0. The summed E-state index contributed by atoms with van der Waals surface area (Å²) in [5.41, 5.74) is 0. The van der Waals surface area contributed by atoms with Crippen molar-refractivity contribution in [3.63, 3.8) is 0 Å². The molecule has 0 fully saturated rings. The second-order valence-corrected chi connectivity index (χ2v) is 1.70. The number of hydrogen-bond donors (Lipinski definition) is 1. The molecule has 0 spiro atoms. The Morgan fingerprint density at radius 2 is 1.67 bits per heavy atom. The van der Waals surface area contributed by atoms with Crippen LogP contribution in [-0.2, 0) is 4.57 Å². The van der Waals surface area contributed by atoms with E-state index in [-0.39, 0.29) is 56.9 Å². The molecule has 64 valence electrons. The van der Waals surface area contributed by atoms with Gasteiger partial charge in [-0.3, -0.25) is 0 Å². The van der Waals surface area contributed by atoms with Gasteiger partial charge in [0.1, 0.15) is 14.6 Å². The number of aromatic nitrogens is 2. The van der Waals surface area contributed by atoms with Crippen LogP contribution in [0.3, 0.4) is 0 Å². The Bertz CT molecular complexity index is 157. The molecule has 0 aromatic carbocycles. The maximum absolute atomic E-state index is 8.63. The summed E-state index contributed by atoms with van der Waals surface area (Å²) < 4.78 is 8.63. The number of nitrogens with zero attached hydrogens (tertiary/aromatic N) is 2. The Labute approximate surface area is 113 Å². The van der Waals surface area contributed by atoms with Crippen molar-refractivity contribution in [2.45, 2.75) is 0 Å². The van der Waals surface area contributed by atoms with Gasteiger partial charge < -0.3 is 19.8 Å². The van der Waals surface area contributed by atoms with E-state index in [1.807, 2.05) is 0 Å². The Balaban J connectivity index is -0.000000124. The first-order valence-corrected chi connectivity index (χ1v) is 3.60. The maximum atomic E-state index is 8.63. The minimum atomic E-state index is -3.38. The van der Waals surface area contributed by atoms with Gasteiger partial charge in [0.15, 0.2) is 0 Å². The van der Waals surface area contributed by atoms with Crippen LogP contribution in [-0.4, -0.2) is 20.3 Å². The zero-order valence-corrected chi connectivity index (χ0v) is 10.6. The van der Waals surface area contributed by atoms with Gasteiger partial charge in [-0.15, -0.1) is 0 Å². The molecular formula is C4H8KN2O4P. The zero-order chi connectivity index (χ0) is 7.82. The molecule has 0 saturated heterocycles. The van der Waals surface area contributed by atoms with Gasteiger partial charge in [-0.2, -0.15) is 0 Å². The van der Waals surface area contributed by atoms with Crippen LogP contribution in [0.1, 0.15) is 0 Å². The van der Waals surface area contributed by atoms with Crippen molar-refractivity contribution in [3.8, 4) is 0 Å². The SMILES string of the molecule is O.O=[PH]([O-])O.[K+].c1cncnc1. The predicted molar refractivity (Wildman–Crippen MR) is 36.9 cm³/mol. The summed E-state index contributed by atoms with van der Waals surface area (Å²) in [7, 11) is -3.38. The van der Waals surface area contributed by atoms with Crippen molar-refractivity contribution >= 4 is 8.25 Å². The van der Waals surface area contributed by atoms with Gasteiger partial charge in [-0.05, 0) is 6.07 Å². The molecule has 12 heavy (non-hydrogen) atoms. The normalized spacial score (nSPS) is 9.17. The summed E-state index contributed by atoms with van der Waals surface area (Å²) in [6.45, 7) is 0. The second kappa shape index (κ2) is 14.4. The fourth-order valence-corrected chi connectivity index (χ4v) is 0.253. The molecule has 0 bridgehead atoms. The van der Waals surface area contributed by atoms with E-state index in [9.17, 15) is 0 Å². The first-order valence-electron chi connectivity index (χ1n) is 2.33. The van der Waals surface area contributed by atoms with Crippen LogP contribution in [0, 0.1) is 0 Å². The molecule has 1 aromatic heterocycles. The van der Waals surface area contributed by atoms with Gasteiger partial charge in [-0.25, -0.2) is 9.97 Å². The molecule has 0 saturated carbocycles. The molecule has 1 unspecified atom stereocenters. The van der Waals surface area contributed by atoms with Crippen molar-refractivity contribution < 1.29 is 71.2 Å². The molecule has 6 nitrogen and oxygen atoms in total. The summed E-state index contributed by atoms with van der Waals surface area (Å²) in [5, 5.41) is 0. The summed E-state index contributed by atoms with van der Waals surface area (Å²) >= 11 is 0. The average Bonchev–Trinajstić information content (AvgIpc) is 1.90. The van der Waals surface area contributed by atoms with E-state index in [4.69, 9.17) is 14.4 Å². The van der Waals surface area contributed by atoms with Gasteiger partial charge in [-0.1, -0.05) is 0 Å². The molecule has 1 atom stereocenters. The van der Waals surface area contributed by atoms with Crippen LogP contribution in [0.5, 0.6) is 0 Å². The molecule has 1 heterocycles. The van der Waals surface area contributed by atoms with Crippen LogP contribution in [0.2, 0.25) is 0 Å². The van der Waals surface area contributed by atoms with Gasteiger partial charge >= 0.3 is 51.4 Å². The molecular weight excluding hydrogens is 210 g/mol. The monoisotopic (exact) mass is 218 g/mol. The topological polar surface area (TPSA) is 118 Å². The van der Waals surface area contributed by atoms with E-state index < -0.39 is 8.25 Å². The van der Waals surface area contributed by atoms with E-state index in [1.54, 1.807) is 18.5 Å². The van der Waals surface area contributed by atoms with Crippen LogP contribution < -0.4 is 56.3 Å². The molecule has 1 aromatic rings. The minimum Gasteiger partial charge on any atom is -0.781 e. The minimum absolute atomic E-state index is 0. The van der Waals surface area contributed by atoms with Gasteiger partial charge in [0.2, 0.25) is 0 Å². The smallest absolute Gasteiger partial charge is 0.781 e. The Morgan fingerprint density at radius 3 is 1.75 bits per heavy atom. The van der Waals surface area contributed by atoms with Crippen molar-refractivity contribution in [2.24, 2.45) is 0 Å². The average molecular weight is 218 g/mol. The first kappa shape index (κ1) is 18.6. The summed E-state index contributed by atoms with van der Waals surface area (Å²) in [5.74, 6) is 0. The van der Waals surface area contributed by atoms with Gasteiger partial charge in [0, 0.05) is 12.4 Å². The maximum Gasteiger partial charge on any atom is 1.00 e. The third-order valence-electron chi connectivity index (χ3n) is 0.478. The fraction of sp³-hybridized carbons (Fsp3) is 0. The van der Waals surface area contributed by atoms with E-state index in [2.05, 4.69) is 9.97 Å². The van der Waals surface area contributed by atoms with E-state index in [1.165, 1.54) is 6.33 Å². The molecule has 1 rings (SSSR count). The molecule has 0 aliphatic rings. The molecule has 0 aliphatic carbocycles. The van der Waals surface area contributed by atoms with Crippen LogP contribution in [0.15, 0.2) is 24.8 Å². The summed E-state index contributed by atoms with van der Waals surface area (Å²) in [4.78, 5) is 23.0. The van der Waals surface area contributed by atoms with Crippen molar-refractivity contribution in [1.29, 1.82) is 0 Å². The number of hydrogen-bond acceptors (Lipinski definition) is 4. The molecule has 3 N–H and O–H groups in total. The molecule has 0 aliphatic heterocycles. The van der Waals surface area contributed by atoms with Gasteiger partial charge in [0.05, 0.1) is 0 Å². The van der Waals surface area contributed by atoms with Crippen LogP contribution in [0.4, 0.5) is 0 Å².